The zero-order valence-corrected chi connectivity index (χ0v) is 15.5. The topological polar surface area (TPSA) is 46.3 Å². The van der Waals surface area contributed by atoms with Gasteiger partial charge in [-0.05, 0) is 54.7 Å². The monoisotopic (exact) mass is 368 g/mol. The standard InChI is InChI=1S/C21H21ClN2O2/c1-14-8-10-24(11-9-14)20(25)12-15-2-4-16(5-3-15)21-23-18-13-17(22)6-7-19(18)26-21/h2-7,13-14H,8-12H2,1H3. The minimum absolute atomic E-state index is 0.209. The minimum Gasteiger partial charge on any atom is -0.436 e. The van der Waals surface area contributed by atoms with Gasteiger partial charge in [-0.1, -0.05) is 30.7 Å². The summed E-state index contributed by atoms with van der Waals surface area (Å²) in [7, 11) is 0. The molecule has 26 heavy (non-hydrogen) atoms. The predicted octanol–water partition coefficient (Wildman–Crippen LogP) is 4.95. The summed E-state index contributed by atoms with van der Waals surface area (Å²) in [5.74, 6) is 1.50. The molecule has 0 N–H and O–H groups in total. The largest absolute Gasteiger partial charge is 0.436 e. The number of hydrogen-bond acceptors (Lipinski definition) is 3. The normalized spacial score (nSPS) is 15.5. The van der Waals surface area contributed by atoms with Gasteiger partial charge in [-0.2, -0.15) is 0 Å². The average Bonchev–Trinajstić information content (AvgIpc) is 3.06. The molecule has 2 aromatic carbocycles. The smallest absolute Gasteiger partial charge is 0.227 e. The molecular weight excluding hydrogens is 348 g/mol. The first-order valence-electron chi connectivity index (χ1n) is 9.01. The molecule has 1 aromatic heterocycles. The van der Waals surface area contributed by atoms with Gasteiger partial charge in [0.2, 0.25) is 11.8 Å². The van der Waals surface area contributed by atoms with E-state index in [2.05, 4.69) is 11.9 Å². The number of amides is 1. The van der Waals surface area contributed by atoms with E-state index in [0.29, 0.717) is 22.9 Å². The van der Waals surface area contributed by atoms with E-state index in [1.165, 1.54) is 0 Å². The lowest BCUT2D eigenvalue weighted by Crippen LogP contribution is -2.38. The summed E-state index contributed by atoms with van der Waals surface area (Å²) in [5, 5.41) is 0.637. The van der Waals surface area contributed by atoms with E-state index in [-0.39, 0.29) is 5.91 Å². The van der Waals surface area contributed by atoms with E-state index in [1.807, 2.05) is 35.2 Å². The van der Waals surface area contributed by atoms with Gasteiger partial charge in [0, 0.05) is 23.7 Å². The first-order chi connectivity index (χ1) is 12.6. The first-order valence-corrected chi connectivity index (χ1v) is 9.39. The van der Waals surface area contributed by atoms with Crippen LogP contribution in [0.3, 0.4) is 0 Å². The molecule has 0 atom stereocenters. The number of hydrogen-bond donors (Lipinski definition) is 0. The fourth-order valence-corrected chi connectivity index (χ4v) is 3.50. The van der Waals surface area contributed by atoms with E-state index >= 15 is 0 Å². The van der Waals surface area contributed by atoms with Gasteiger partial charge in [0.05, 0.1) is 6.42 Å². The molecule has 0 unspecified atom stereocenters. The third-order valence-corrected chi connectivity index (χ3v) is 5.28. The number of nitrogens with zero attached hydrogens (tertiary/aromatic N) is 2. The van der Waals surface area contributed by atoms with Crippen LogP contribution >= 0.6 is 11.6 Å². The predicted molar refractivity (Wildman–Crippen MR) is 103 cm³/mol. The van der Waals surface area contributed by atoms with Crippen molar-refractivity contribution in [2.75, 3.05) is 13.1 Å². The lowest BCUT2D eigenvalue weighted by Gasteiger charge is -2.30. The summed E-state index contributed by atoms with van der Waals surface area (Å²) in [6, 6.07) is 13.2. The maximum atomic E-state index is 12.5. The quantitative estimate of drug-likeness (QED) is 0.657. The number of carbonyl (C=O) groups excluding carboxylic acids is 1. The zero-order chi connectivity index (χ0) is 18.1. The van der Waals surface area contributed by atoms with Crippen molar-refractivity contribution in [1.29, 1.82) is 0 Å². The average molecular weight is 369 g/mol. The Morgan fingerprint density at radius 2 is 1.92 bits per heavy atom. The summed E-state index contributed by atoms with van der Waals surface area (Å²) in [6.45, 7) is 4.01. The molecule has 0 saturated carbocycles. The van der Waals surface area contributed by atoms with Gasteiger partial charge >= 0.3 is 0 Å². The van der Waals surface area contributed by atoms with Gasteiger partial charge < -0.3 is 9.32 Å². The number of rotatable bonds is 3. The molecule has 1 aliphatic rings. The summed E-state index contributed by atoms with van der Waals surface area (Å²) in [4.78, 5) is 18.9. The number of fused-ring (bicyclic) bond motifs is 1. The number of piperidine rings is 1. The van der Waals surface area contributed by atoms with Crippen molar-refractivity contribution in [3.05, 3.63) is 53.1 Å². The van der Waals surface area contributed by atoms with Crippen LogP contribution in [0.25, 0.3) is 22.6 Å². The second kappa shape index (κ2) is 7.12. The van der Waals surface area contributed by atoms with E-state index in [9.17, 15) is 4.79 Å². The van der Waals surface area contributed by atoms with Crippen LogP contribution in [0.4, 0.5) is 0 Å². The molecule has 0 aliphatic carbocycles. The minimum atomic E-state index is 0.209. The fourth-order valence-electron chi connectivity index (χ4n) is 3.33. The van der Waals surface area contributed by atoms with Crippen LogP contribution in [0.1, 0.15) is 25.3 Å². The van der Waals surface area contributed by atoms with Crippen molar-refractivity contribution >= 4 is 28.6 Å². The molecule has 1 amide bonds. The van der Waals surface area contributed by atoms with E-state index in [4.69, 9.17) is 16.0 Å². The molecule has 1 fully saturated rings. The van der Waals surface area contributed by atoms with Crippen molar-refractivity contribution in [3.8, 4) is 11.5 Å². The van der Waals surface area contributed by atoms with Crippen LogP contribution < -0.4 is 0 Å². The number of aromatic nitrogens is 1. The zero-order valence-electron chi connectivity index (χ0n) is 14.7. The Hall–Kier alpha value is -2.33. The lowest BCUT2D eigenvalue weighted by molar-refractivity contribution is -0.131. The van der Waals surface area contributed by atoms with Crippen LogP contribution in [0.5, 0.6) is 0 Å². The summed E-state index contributed by atoms with van der Waals surface area (Å²) < 4.78 is 5.79. The maximum Gasteiger partial charge on any atom is 0.227 e. The van der Waals surface area contributed by atoms with E-state index < -0.39 is 0 Å². The molecule has 1 saturated heterocycles. The summed E-state index contributed by atoms with van der Waals surface area (Å²) >= 11 is 6.00. The van der Waals surface area contributed by atoms with Crippen molar-refractivity contribution < 1.29 is 9.21 Å². The first kappa shape index (κ1) is 17.1. The molecule has 134 valence electrons. The summed E-state index contributed by atoms with van der Waals surface area (Å²) in [6.07, 6.45) is 2.65. The van der Waals surface area contributed by atoms with Gasteiger partial charge in [0.25, 0.3) is 0 Å². The lowest BCUT2D eigenvalue weighted by atomic mass is 9.98. The highest BCUT2D eigenvalue weighted by molar-refractivity contribution is 6.31. The van der Waals surface area contributed by atoms with E-state index in [1.54, 1.807) is 12.1 Å². The van der Waals surface area contributed by atoms with Crippen molar-refractivity contribution in [3.63, 3.8) is 0 Å². The Labute approximate surface area is 157 Å². The fraction of sp³-hybridized carbons (Fsp3) is 0.333. The van der Waals surface area contributed by atoms with Gasteiger partial charge in [-0.25, -0.2) is 4.98 Å². The Bertz CT molecular complexity index is 925. The molecule has 4 nitrogen and oxygen atoms in total. The van der Waals surface area contributed by atoms with Crippen LogP contribution in [-0.2, 0) is 11.2 Å². The number of oxazole rings is 1. The highest BCUT2D eigenvalue weighted by atomic mass is 35.5. The SMILES string of the molecule is CC1CCN(C(=O)Cc2ccc(-c3nc4cc(Cl)ccc4o3)cc2)CC1. The molecule has 2 heterocycles. The second-order valence-electron chi connectivity index (χ2n) is 7.07. The molecule has 1 aliphatic heterocycles. The Morgan fingerprint density at radius 1 is 1.19 bits per heavy atom. The molecule has 0 spiro atoms. The Morgan fingerprint density at radius 3 is 2.65 bits per heavy atom. The van der Waals surface area contributed by atoms with Crippen LogP contribution in [-0.4, -0.2) is 28.9 Å². The second-order valence-corrected chi connectivity index (χ2v) is 7.50. The number of halogens is 1. The molecular formula is C21H21ClN2O2. The number of benzene rings is 2. The van der Waals surface area contributed by atoms with Gasteiger partial charge in [-0.15, -0.1) is 0 Å². The third kappa shape index (κ3) is 3.61. The van der Waals surface area contributed by atoms with Gasteiger partial charge in [0.1, 0.15) is 5.52 Å². The number of carbonyl (C=O) groups is 1. The molecule has 4 rings (SSSR count). The van der Waals surface area contributed by atoms with Gasteiger partial charge in [0.15, 0.2) is 5.58 Å². The summed E-state index contributed by atoms with van der Waals surface area (Å²) in [5.41, 5.74) is 3.35. The molecule has 5 heteroatoms. The highest BCUT2D eigenvalue weighted by Gasteiger charge is 2.20. The van der Waals surface area contributed by atoms with Crippen LogP contribution in [0.2, 0.25) is 5.02 Å². The van der Waals surface area contributed by atoms with Crippen molar-refractivity contribution in [1.82, 2.24) is 9.88 Å². The van der Waals surface area contributed by atoms with Crippen molar-refractivity contribution in [2.24, 2.45) is 5.92 Å². The van der Waals surface area contributed by atoms with Crippen LogP contribution in [0.15, 0.2) is 46.9 Å². The molecule has 0 bridgehead atoms. The van der Waals surface area contributed by atoms with Crippen LogP contribution in [0, 0.1) is 5.92 Å². The van der Waals surface area contributed by atoms with E-state index in [0.717, 1.165) is 48.5 Å². The maximum absolute atomic E-state index is 12.5. The van der Waals surface area contributed by atoms with Crippen molar-refractivity contribution in [2.45, 2.75) is 26.2 Å². The molecule has 3 aromatic rings. The highest BCUT2D eigenvalue weighted by Crippen LogP contribution is 2.26. The molecule has 0 radical (unpaired) electrons. The Balaban J connectivity index is 1.46. The number of likely N-dealkylation sites (tertiary alicyclic amines) is 1. The van der Waals surface area contributed by atoms with Gasteiger partial charge in [-0.3, -0.25) is 4.79 Å². The Kier molecular flexibility index (Phi) is 4.68. The third-order valence-electron chi connectivity index (χ3n) is 5.04.